The van der Waals surface area contributed by atoms with Crippen LogP contribution in [-0.4, -0.2) is 42.5 Å². The molecular formula is C13H14N2O3. The van der Waals surface area contributed by atoms with Crippen LogP contribution in [0.2, 0.25) is 0 Å². The van der Waals surface area contributed by atoms with Gasteiger partial charge < -0.3 is 9.74 Å². The molecule has 5 nitrogen and oxygen atoms in total. The molecule has 0 fully saturated rings. The third kappa shape index (κ3) is 2.07. The maximum Gasteiger partial charge on any atom is 0.273 e. The molecule has 1 aromatic carbocycles. The summed E-state index contributed by atoms with van der Waals surface area (Å²) in [6.45, 7) is -0.0909. The van der Waals surface area contributed by atoms with Gasteiger partial charge in [0, 0.05) is 19.5 Å². The number of carbonyl (C=O) groups is 2. The van der Waals surface area contributed by atoms with E-state index in [2.05, 4.69) is 0 Å². The van der Waals surface area contributed by atoms with Crippen molar-refractivity contribution in [2.75, 3.05) is 20.7 Å². The fourth-order valence-corrected chi connectivity index (χ4v) is 1.75. The smallest absolute Gasteiger partial charge is 0.273 e. The second-order valence-corrected chi connectivity index (χ2v) is 4.04. The Hall–Kier alpha value is -2.30. The first kappa shape index (κ1) is 12.2. The highest BCUT2D eigenvalue weighted by atomic mass is 16.7. The monoisotopic (exact) mass is 246 g/mol. The average Bonchev–Trinajstić information content (AvgIpc) is 2.73. The molecular weight excluding hydrogens is 232 g/mol. The van der Waals surface area contributed by atoms with E-state index < -0.39 is 0 Å². The zero-order valence-electron chi connectivity index (χ0n) is 10.3. The van der Waals surface area contributed by atoms with E-state index in [0.29, 0.717) is 12.0 Å². The van der Waals surface area contributed by atoms with Gasteiger partial charge in [0.25, 0.3) is 5.91 Å². The van der Waals surface area contributed by atoms with Crippen LogP contribution < -0.4 is 4.84 Å². The van der Waals surface area contributed by atoms with Crippen molar-refractivity contribution in [1.82, 2.24) is 9.63 Å². The van der Waals surface area contributed by atoms with Crippen molar-refractivity contribution >= 4 is 23.1 Å². The van der Waals surface area contributed by atoms with Crippen LogP contribution in [0.4, 0.5) is 0 Å². The summed E-state index contributed by atoms with van der Waals surface area (Å²) < 4.78 is 1.41. The van der Waals surface area contributed by atoms with Crippen LogP contribution in [0, 0.1) is 0 Å². The molecule has 0 atom stereocenters. The summed E-state index contributed by atoms with van der Waals surface area (Å²) >= 11 is 0. The Morgan fingerprint density at radius 1 is 1.39 bits per heavy atom. The Bertz CT molecular complexity index is 587. The molecule has 2 rings (SSSR count). The van der Waals surface area contributed by atoms with Gasteiger partial charge in [0.05, 0.1) is 5.52 Å². The lowest BCUT2D eigenvalue weighted by Crippen LogP contribution is -2.27. The molecule has 94 valence electrons. The average molecular weight is 246 g/mol. The number of fused-ring (bicyclic) bond motifs is 1. The van der Waals surface area contributed by atoms with Crippen LogP contribution in [0.15, 0.2) is 30.3 Å². The highest BCUT2D eigenvalue weighted by Gasteiger charge is 2.17. The number of hydrogen-bond acceptors (Lipinski definition) is 3. The molecule has 0 spiro atoms. The first-order valence-corrected chi connectivity index (χ1v) is 5.54. The predicted molar refractivity (Wildman–Crippen MR) is 67.5 cm³/mol. The molecule has 0 aliphatic carbocycles. The second kappa shape index (κ2) is 4.91. The number of aldehydes is 1. The summed E-state index contributed by atoms with van der Waals surface area (Å²) in [7, 11) is 3.34. The van der Waals surface area contributed by atoms with E-state index in [4.69, 9.17) is 4.84 Å². The molecule has 0 aliphatic heterocycles. The molecule has 1 heterocycles. The van der Waals surface area contributed by atoms with Crippen molar-refractivity contribution in [3.05, 3.63) is 36.0 Å². The van der Waals surface area contributed by atoms with Gasteiger partial charge in [0.1, 0.15) is 5.69 Å². The van der Waals surface area contributed by atoms with E-state index in [-0.39, 0.29) is 12.5 Å². The number of benzene rings is 1. The Morgan fingerprint density at radius 2 is 2.11 bits per heavy atom. The first-order valence-electron chi connectivity index (χ1n) is 5.54. The maximum absolute atomic E-state index is 12.0. The normalized spacial score (nSPS) is 10.3. The Labute approximate surface area is 105 Å². The minimum atomic E-state index is -0.169. The molecule has 0 radical (unpaired) electrons. The number of amides is 1. The number of carbonyl (C=O) groups excluding carboxylic acids is 2. The third-order valence-electron chi connectivity index (χ3n) is 2.56. The Balaban J connectivity index is 2.56. The summed E-state index contributed by atoms with van der Waals surface area (Å²) in [6, 6.07) is 9.22. The fraction of sp³-hybridized carbons (Fsp3) is 0.231. The lowest BCUT2D eigenvalue weighted by atomic mass is 10.2. The third-order valence-corrected chi connectivity index (χ3v) is 2.56. The van der Waals surface area contributed by atoms with Crippen molar-refractivity contribution in [1.29, 1.82) is 0 Å². The van der Waals surface area contributed by atoms with Gasteiger partial charge in [-0.2, -0.15) is 4.73 Å². The minimum absolute atomic E-state index is 0.0909. The maximum atomic E-state index is 12.0. The van der Waals surface area contributed by atoms with Gasteiger partial charge in [-0.3, -0.25) is 9.59 Å². The highest BCUT2D eigenvalue weighted by Crippen LogP contribution is 2.19. The van der Waals surface area contributed by atoms with Crippen LogP contribution in [0.25, 0.3) is 10.9 Å². The van der Waals surface area contributed by atoms with Gasteiger partial charge in [-0.25, -0.2) is 0 Å². The lowest BCUT2D eigenvalue weighted by Gasteiger charge is -2.13. The SMILES string of the molecule is CN(C)C(=O)c1cc2ccccc2n1OCC=O. The van der Waals surface area contributed by atoms with Crippen molar-refractivity contribution in [2.24, 2.45) is 0 Å². The van der Waals surface area contributed by atoms with Gasteiger partial charge in [0.2, 0.25) is 0 Å². The molecule has 0 saturated carbocycles. The van der Waals surface area contributed by atoms with E-state index in [9.17, 15) is 9.59 Å². The van der Waals surface area contributed by atoms with Crippen molar-refractivity contribution in [3.63, 3.8) is 0 Å². The first-order chi connectivity index (χ1) is 8.65. The highest BCUT2D eigenvalue weighted by molar-refractivity contribution is 5.98. The summed E-state index contributed by atoms with van der Waals surface area (Å²) in [6.07, 6.45) is 0.651. The number of aromatic nitrogens is 1. The molecule has 5 heteroatoms. The predicted octanol–water partition coefficient (Wildman–Crippen LogP) is 0.971. The summed E-state index contributed by atoms with van der Waals surface area (Å²) in [4.78, 5) is 29.2. The van der Waals surface area contributed by atoms with Crippen LogP contribution in [0.3, 0.4) is 0 Å². The largest absolute Gasteiger partial charge is 0.405 e. The topological polar surface area (TPSA) is 51.5 Å². The van der Waals surface area contributed by atoms with Crippen LogP contribution >= 0.6 is 0 Å². The van der Waals surface area contributed by atoms with Crippen LogP contribution in [0.5, 0.6) is 0 Å². The quantitative estimate of drug-likeness (QED) is 0.755. The standard InChI is InChI=1S/C13H14N2O3/c1-14(2)13(17)12-9-10-5-3-4-6-11(10)15(12)18-8-7-16/h3-7,9H,8H2,1-2H3. The summed E-state index contributed by atoms with van der Waals surface area (Å²) in [5.74, 6) is -0.169. The minimum Gasteiger partial charge on any atom is -0.405 e. The van der Waals surface area contributed by atoms with Crippen molar-refractivity contribution < 1.29 is 14.4 Å². The molecule has 0 N–H and O–H groups in total. The summed E-state index contributed by atoms with van der Waals surface area (Å²) in [5.41, 5.74) is 1.17. The number of para-hydroxylation sites is 1. The molecule has 18 heavy (non-hydrogen) atoms. The number of rotatable bonds is 4. The Morgan fingerprint density at radius 3 is 2.78 bits per heavy atom. The van der Waals surface area contributed by atoms with E-state index in [0.717, 1.165) is 10.9 Å². The fourth-order valence-electron chi connectivity index (χ4n) is 1.75. The van der Waals surface area contributed by atoms with Crippen molar-refractivity contribution in [2.45, 2.75) is 0 Å². The van der Waals surface area contributed by atoms with E-state index in [1.165, 1.54) is 9.63 Å². The number of nitrogens with zero attached hydrogens (tertiary/aromatic N) is 2. The van der Waals surface area contributed by atoms with Crippen LogP contribution in [0.1, 0.15) is 10.5 Å². The van der Waals surface area contributed by atoms with Crippen LogP contribution in [-0.2, 0) is 4.79 Å². The molecule has 2 aromatic rings. The molecule has 0 aliphatic rings. The van der Waals surface area contributed by atoms with Gasteiger partial charge in [-0.1, -0.05) is 18.2 Å². The van der Waals surface area contributed by atoms with Gasteiger partial charge in [-0.05, 0) is 12.1 Å². The Kier molecular flexibility index (Phi) is 3.32. The molecule has 0 bridgehead atoms. The molecule has 0 unspecified atom stereocenters. The van der Waals surface area contributed by atoms with E-state index in [1.54, 1.807) is 20.2 Å². The van der Waals surface area contributed by atoms with Crippen molar-refractivity contribution in [3.8, 4) is 0 Å². The van der Waals surface area contributed by atoms with Gasteiger partial charge in [-0.15, -0.1) is 0 Å². The zero-order valence-corrected chi connectivity index (χ0v) is 10.3. The van der Waals surface area contributed by atoms with Gasteiger partial charge in [0.15, 0.2) is 12.9 Å². The second-order valence-electron chi connectivity index (χ2n) is 4.04. The zero-order chi connectivity index (χ0) is 13.1. The lowest BCUT2D eigenvalue weighted by molar-refractivity contribution is -0.111. The van der Waals surface area contributed by atoms with Gasteiger partial charge >= 0.3 is 0 Å². The molecule has 1 aromatic heterocycles. The van der Waals surface area contributed by atoms with E-state index in [1.807, 2.05) is 24.3 Å². The number of hydrogen-bond donors (Lipinski definition) is 0. The van der Waals surface area contributed by atoms with E-state index >= 15 is 0 Å². The molecule has 0 saturated heterocycles. The molecule has 1 amide bonds. The summed E-state index contributed by atoms with van der Waals surface area (Å²) in [5, 5.41) is 0.897.